The number of nitrogens with one attached hydrogen (secondary N) is 1. The number of anilines is 1. The normalized spacial score (nSPS) is 10.7. The van der Waals surface area contributed by atoms with Crippen LogP contribution < -0.4 is 24.3 Å². The van der Waals surface area contributed by atoms with Crippen LogP contribution in [0.15, 0.2) is 260 Å². The van der Waals surface area contributed by atoms with Crippen LogP contribution in [-0.2, 0) is 38.7 Å². The van der Waals surface area contributed by atoms with Crippen molar-refractivity contribution >= 4 is 68.1 Å². The van der Waals surface area contributed by atoms with Crippen LogP contribution in [0.4, 0.5) is 5.69 Å². The highest BCUT2D eigenvalue weighted by Crippen LogP contribution is 2.27. The number of benzene rings is 9. The van der Waals surface area contributed by atoms with Crippen LogP contribution in [0.1, 0.15) is 64.8 Å². The third-order valence-electron chi connectivity index (χ3n) is 13.5. The predicted octanol–water partition coefficient (Wildman–Crippen LogP) is 16.0. The molecule has 14 nitrogen and oxygen atoms in total. The van der Waals surface area contributed by atoms with Crippen molar-refractivity contribution in [2.45, 2.75) is 43.6 Å². The van der Waals surface area contributed by atoms with Crippen LogP contribution in [-0.4, -0.2) is 48.2 Å². The highest BCUT2D eigenvalue weighted by Gasteiger charge is 2.12. The van der Waals surface area contributed by atoms with E-state index in [1.54, 1.807) is 66.4 Å². The Morgan fingerprint density at radius 2 is 0.805 bits per heavy atom. The molecule has 12 rings (SSSR count). The third-order valence-corrected chi connectivity index (χ3v) is 14.6. The number of rotatable bonds is 21. The van der Waals surface area contributed by atoms with E-state index in [0.29, 0.717) is 43.4 Å². The lowest BCUT2D eigenvalue weighted by atomic mass is 10.2. The van der Waals surface area contributed by atoms with Gasteiger partial charge in [0, 0.05) is 39.0 Å². The Kier molecular flexibility index (Phi) is 20.0. The molecule has 0 amide bonds. The number of carboxylic acid groups (broad SMARTS) is 3. The van der Waals surface area contributed by atoms with Crippen molar-refractivity contribution in [2.75, 3.05) is 5.32 Å². The average Bonchev–Trinajstić information content (AvgIpc) is 3.57. The number of aromatic nitrogens is 3. The van der Waals surface area contributed by atoms with E-state index in [0.717, 1.165) is 94.3 Å². The molecule has 87 heavy (non-hydrogen) atoms. The minimum atomic E-state index is -1.01. The summed E-state index contributed by atoms with van der Waals surface area (Å²) in [6.07, 6.45) is 0. The SMILES string of the molecule is O=C(O)c1ccc(NCc2cccc(OCc3ccc4ccccc4n3)c2)cc1.O=C(O)c1ccc(SCc2cccc(OCc3ccc4ccccc4n3)c2)cc1.O=C(O)c1ccccc1OCc1cccc(OCc2ccc3ccccc3n2)c1. The summed E-state index contributed by atoms with van der Waals surface area (Å²) in [4.78, 5) is 48.0. The lowest BCUT2D eigenvalue weighted by Crippen LogP contribution is -2.03. The fraction of sp³-hybridized carbons (Fsp3) is 0.0833. The number of para-hydroxylation sites is 4. The quantitative estimate of drug-likeness (QED) is 0.0495. The largest absolute Gasteiger partial charge is 0.488 e. The van der Waals surface area contributed by atoms with E-state index in [1.165, 1.54) is 6.07 Å². The van der Waals surface area contributed by atoms with Crippen molar-refractivity contribution in [1.82, 2.24) is 15.0 Å². The van der Waals surface area contributed by atoms with Gasteiger partial charge >= 0.3 is 17.9 Å². The Bertz CT molecular complexity index is 4130. The zero-order chi connectivity index (χ0) is 60.2. The van der Waals surface area contributed by atoms with Gasteiger partial charge in [-0.3, -0.25) is 0 Å². The topological polar surface area (TPSA) is 200 Å². The number of pyridine rings is 3. The number of nitrogens with zero attached hydrogens (tertiary/aromatic N) is 3. The first-order chi connectivity index (χ1) is 42.5. The van der Waals surface area contributed by atoms with Crippen molar-refractivity contribution in [1.29, 1.82) is 0 Å². The number of thioether (sulfide) groups is 1. The molecule has 0 aliphatic heterocycles. The van der Waals surface area contributed by atoms with E-state index in [4.69, 9.17) is 29.2 Å². The summed E-state index contributed by atoms with van der Waals surface area (Å²) < 4.78 is 23.4. The van der Waals surface area contributed by atoms with Crippen LogP contribution in [0.3, 0.4) is 0 Å². The maximum absolute atomic E-state index is 11.3. The van der Waals surface area contributed by atoms with Gasteiger partial charge in [-0.05, 0) is 150 Å². The van der Waals surface area contributed by atoms with Crippen LogP contribution in [0.2, 0.25) is 0 Å². The molecule has 9 aromatic carbocycles. The summed E-state index contributed by atoms with van der Waals surface area (Å²) in [5.41, 5.74) is 10.1. The first-order valence-electron chi connectivity index (χ1n) is 27.7. The summed E-state index contributed by atoms with van der Waals surface area (Å²) in [6, 6.07) is 79.7. The lowest BCUT2D eigenvalue weighted by Gasteiger charge is -2.11. The summed E-state index contributed by atoms with van der Waals surface area (Å²) in [7, 11) is 0. The van der Waals surface area contributed by atoms with Gasteiger partial charge in [0.2, 0.25) is 0 Å². The molecule has 0 bridgehead atoms. The van der Waals surface area contributed by atoms with Gasteiger partial charge in [0.1, 0.15) is 55.0 Å². The zero-order valence-electron chi connectivity index (χ0n) is 46.9. The van der Waals surface area contributed by atoms with Gasteiger partial charge < -0.3 is 39.6 Å². The standard InChI is InChI=1S/C24H20N2O3.C24H19NO4.C24H19NO3S/c27-24(28)19-9-11-20(12-10-19)25-15-17-4-3-6-22(14-17)29-16-21-13-8-18-5-1-2-7-23(18)26-21;26-24(27)21-9-2-4-11-23(21)29-15-17-6-5-8-20(14-17)28-16-19-13-12-18-7-1-3-10-22(18)25-19;26-24(27)19-9-12-22(13-10-19)29-16-17-4-3-6-21(14-17)28-15-20-11-8-18-5-1-2-7-23(18)25-20/h1-14,25H,15-16H2,(H,27,28);2*1-14H,15-16H2,(H,26,27). The second kappa shape index (κ2) is 29.5. The van der Waals surface area contributed by atoms with Gasteiger partial charge in [-0.15, -0.1) is 11.8 Å². The summed E-state index contributed by atoms with van der Waals surface area (Å²) >= 11 is 1.66. The van der Waals surface area contributed by atoms with E-state index >= 15 is 0 Å². The zero-order valence-corrected chi connectivity index (χ0v) is 47.8. The van der Waals surface area contributed by atoms with Gasteiger partial charge in [-0.25, -0.2) is 29.3 Å². The van der Waals surface area contributed by atoms with Crippen LogP contribution in [0.25, 0.3) is 32.7 Å². The van der Waals surface area contributed by atoms with Crippen molar-refractivity contribution in [3.8, 4) is 23.0 Å². The fourth-order valence-corrected chi connectivity index (χ4v) is 9.80. The molecule has 3 heterocycles. The minimum Gasteiger partial charge on any atom is -0.488 e. The van der Waals surface area contributed by atoms with Crippen molar-refractivity contribution in [3.05, 3.63) is 305 Å². The highest BCUT2D eigenvalue weighted by atomic mass is 32.2. The first-order valence-corrected chi connectivity index (χ1v) is 28.7. The smallest absolute Gasteiger partial charge is 0.339 e. The molecule has 0 spiro atoms. The summed E-state index contributed by atoms with van der Waals surface area (Å²) in [5.74, 6) is 0.548. The second-order valence-corrected chi connectivity index (χ2v) is 20.8. The average molecular weight is 1170 g/mol. The van der Waals surface area contributed by atoms with Crippen LogP contribution in [0.5, 0.6) is 23.0 Å². The number of aromatic carboxylic acids is 3. The van der Waals surface area contributed by atoms with Gasteiger partial charge in [0.05, 0.1) is 44.8 Å². The highest BCUT2D eigenvalue weighted by molar-refractivity contribution is 7.98. The number of ether oxygens (including phenoxy) is 4. The molecule has 3 aromatic heterocycles. The van der Waals surface area contributed by atoms with E-state index in [-0.39, 0.29) is 17.7 Å². The fourth-order valence-electron chi connectivity index (χ4n) is 8.96. The molecule has 0 unspecified atom stereocenters. The van der Waals surface area contributed by atoms with Gasteiger partial charge in [-0.2, -0.15) is 0 Å². The van der Waals surface area contributed by atoms with Crippen LogP contribution in [0, 0.1) is 0 Å². The first kappa shape index (κ1) is 59.1. The van der Waals surface area contributed by atoms with Gasteiger partial charge in [0.25, 0.3) is 0 Å². The molecule has 0 aliphatic rings. The summed E-state index contributed by atoms with van der Waals surface area (Å²) in [5, 5.41) is 33.8. The lowest BCUT2D eigenvalue weighted by molar-refractivity contribution is 0.0682. The molecule has 4 N–H and O–H groups in total. The number of hydrogen-bond acceptors (Lipinski definition) is 12. The van der Waals surface area contributed by atoms with Crippen molar-refractivity contribution in [3.63, 3.8) is 0 Å². The van der Waals surface area contributed by atoms with E-state index in [1.807, 2.05) is 176 Å². The molecule has 12 aromatic rings. The molecule has 0 fully saturated rings. The number of carbonyl (C=O) groups is 3. The number of hydrogen-bond donors (Lipinski definition) is 4. The Morgan fingerprint density at radius 3 is 1.30 bits per heavy atom. The Balaban J connectivity index is 0.000000144. The molecular formula is C72H58N4O10S. The van der Waals surface area contributed by atoms with Crippen LogP contribution >= 0.6 is 11.8 Å². The monoisotopic (exact) mass is 1170 g/mol. The number of fused-ring (bicyclic) bond motifs is 3. The number of carboxylic acids is 3. The molecule has 432 valence electrons. The molecule has 0 saturated heterocycles. The third kappa shape index (κ3) is 17.3. The van der Waals surface area contributed by atoms with E-state index in [2.05, 4.69) is 38.5 Å². The molecule has 0 saturated carbocycles. The minimum absolute atomic E-state index is 0.141. The van der Waals surface area contributed by atoms with Gasteiger partial charge in [0.15, 0.2) is 0 Å². The van der Waals surface area contributed by atoms with Crippen molar-refractivity contribution < 1.29 is 48.7 Å². The Labute approximate surface area is 506 Å². The van der Waals surface area contributed by atoms with E-state index in [9.17, 15) is 19.5 Å². The maximum Gasteiger partial charge on any atom is 0.339 e. The molecular weight excluding hydrogens is 1110 g/mol. The predicted molar refractivity (Wildman–Crippen MR) is 339 cm³/mol. The summed E-state index contributed by atoms with van der Waals surface area (Å²) in [6.45, 7) is 2.03. The Hall–Kier alpha value is -11.0. The van der Waals surface area contributed by atoms with Gasteiger partial charge in [-0.1, -0.05) is 121 Å². The van der Waals surface area contributed by atoms with E-state index < -0.39 is 17.9 Å². The molecule has 0 radical (unpaired) electrons. The molecule has 15 heteroatoms. The second-order valence-electron chi connectivity index (χ2n) is 19.7. The maximum atomic E-state index is 11.3. The van der Waals surface area contributed by atoms with Crippen molar-refractivity contribution in [2.24, 2.45) is 0 Å². The Morgan fingerprint density at radius 1 is 0.379 bits per heavy atom. The molecule has 0 atom stereocenters. The molecule has 0 aliphatic carbocycles.